The van der Waals surface area contributed by atoms with Gasteiger partial charge in [-0.2, -0.15) is 0 Å². The van der Waals surface area contributed by atoms with Crippen LogP contribution in [0.15, 0.2) is 35.9 Å². The van der Waals surface area contributed by atoms with Gasteiger partial charge in [0.25, 0.3) is 0 Å². The number of allylic oxidation sites excluding steroid dienone is 1. The van der Waals surface area contributed by atoms with Crippen LogP contribution >= 0.6 is 0 Å². The van der Waals surface area contributed by atoms with Crippen molar-refractivity contribution < 1.29 is 9.84 Å². The van der Waals surface area contributed by atoms with Crippen molar-refractivity contribution in [3.8, 4) is 5.75 Å². The second kappa shape index (κ2) is 5.17. The second-order valence-electron chi connectivity index (χ2n) is 4.27. The van der Waals surface area contributed by atoms with Crippen LogP contribution in [0.5, 0.6) is 5.75 Å². The van der Waals surface area contributed by atoms with E-state index in [2.05, 4.69) is 6.07 Å². The highest BCUT2D eigenvalue weighted by Crippen LogP contribution is 2.26. The van der Waals surface area contributed by atoms with Crippen LogP contribution in [0.25, 0.3) is 0 Å². The van der Waals surface area contributed by atoms with Crippen LogP contribution in [0.1, 0.15) is 24.8 Å². The molecule has 2 rings (SSSR count). The minimum absolute atomic E-state index is 0.251. The third kappa shape index (κ3) is 2.64. The Hall–Kier alpha value is -1.28. The molecule has 2 heteroatoms. The molecule has 16 heavy (non-hydrogen) atoms. The molecule has 1 unspecified atom stereocenters. The largest absolute Gasteiger partial charge is 0.496 e. The van der Waals surface area contributed by atoms with Gasteiger partial charge in [0.05, 0.1) is 13.2 Å². The molecule has 1 N–H and O–H groups in total. The number of hydrogen-bond acceptors (Lipinski definition) is 2. The van der Waals surface area contributed by atoms with Crippen molar-refractivity contribution in [2.75, 3.05) is 7.11 Å². The van der Waals surface area contributed by atoms with Crippen LogP contribution in [0.4, 0.5) is 0 Å². The van der Waals surface area contributed by atoms with Crippen molar-refractivity contribution in [1.29, 1.82) is 0 Å². The molecule has 0 fully saturated rings. The van der Waals surface area contributed by atoms with Crippen molar-refractivity contribution in [2.45, 2.75) is 31.8 Å². The summed E-state index contributed by atoms with van der Waals surface area (Å²) in [4.78, 5) is 0. The lowest BCUT2D eigenvalue weighted by Gasteiger charge is -2.18. The average Bonchev–Trinajstić information content (AvgIpc) is 2.30. The minimum Gasteiger partial charge on any atom is -0.496 e. The van der Waals surface area contributed by atoms with E-state index in [1.165, 1.54) is 11.1 Å². The highest BCUT2D eigenvalue weighted by Gasteiger charge is 2.12. The molecule has 0 bridgehead atoms. The molecule has 2 nitrogen and oxygen atoms in total. The van der Waals surface area contributed by atoms with Gasteiger partial charge >= 0.3 is 0 Å². The fourth-order valence-corrected chi connectivity index (χ4v) is 2.22. The maximum absolute atomic E-state index is 9.58. The molecular weight excluding hydrogens is 200 g/mol. The average molecular weight is 218 g/mol. The Morgan fingerprint density at radius 1 is 1.38 bits per heavy atom. The highest BCUT2D eigenvalue weighted by molar-refractivity contribution is 5.36. The second-order valence-corrected chi connectivity index (χ2v) is 4.27. The van der Waals surface area contributed by atoms with E-state index in [9.17, 15) is 5.11 Å². The third-order valence-corrected chi connectivity index (χ3v) is 3.04. The highest BCUT2D eigenvalue weighted by atomic mass is 16.5. The molecule has 0 amide bonds. The van der Waals surface area contributed by atoms with Gasteiger partial charge in [0.2, 0.25) is 0 Å². The summed E-state index contributed by atoms with van der Waals surface area (Å²) in [6.07, 6.45) is 5.71. The standard InChI is InChI=1S/C14H18O2/c1-16-14-8-3-2-6-12(14)9-11-5-4-7-13(15)10-11/h2-3,6,8,10,13,15H,4-5,7,9H2,1H3. The minimum atomic E-state index is -0.251. The zero-order chi connectivity index (χ0) is 11.4. The molecule has 86 valence electrons. The number of para-hydroxylation sites is 1. The number of ether oxygens (including phenoxy) is 1. The predicted molar refractivity (Wildman–Crippen MR) is 64.6 cm³/mol. The fraction of sp³-hybridized carbons (Fsp3) is 0.429. The van der Waals surface area contributed by atoms with Gasteiger partial charge in [-0.3, -0.25) is 0 Å². The molecule has 0 aromatic heterocycles. The Labute approximate surface area is 96.6 Å². The van der Waals surface area contributed by atoms with E-state index >= 15 is 0 Å². The third-order valence-electron chi connectivity index (χ3n) is 3.04. The molecule has 0 aliphatic heterocycles. The molecule has 1 atom stereocenters. The van der Waals surface area contributed by atoms with E-state index < -0.39 is 0 Å². The quantitative estimate of drug-likeness (QED) is 0.790. The van der Waals surface area contributed by atoms with Gasteiger partial charge in [0.15, 0.2) is 0 Å². The van der Waals surface area contributed by atoms with Crippen LogP contribution in [-0.2, 0) is 6.42 Å². The summed E-state index contributed by atoms with van der Waals surface area (Å²) in [5.74, 6) is 0.934. The lowest BCUT2D eigenvalue weighted by molar-refractivity contribution is 0.202. The first kappa shape index (κ1) is 11.2. The number of hydrogen-bond donors (Lipinski definition) is 1. The number of rotatable bonds is 3. The maximum atomic E-state index is 9.58. The lowest BCUT2D eigenvalue weighted by Crippen LogP contribution is -2.10. The van der Waals surface area contributed by atoms with Gasteiger partial charge < -0.3 is 9.84 Å². The topological polar surface area (TPSA) is 29.5 Å². The molecule has 0 spiro atoms. The smallest absolute Gasteiger partial charge is 0.122 e. The van der Waals surface area contributed by atoms with Gasteiger partial charge in [-0.05, 0) is 37.3 Å². The number of methoxy groups -OCH3 is 1. The summed E-state index contributed by atoms with van der Waals surface area (Å²) in [5.41, 5.74) is 2.52. The van der Waals surface area contributed by atoms with Crippen molar-refractivity contribution in [2.24, 2.45) is 0 Å². The molecule has 0 radical (unpaired) electrons. The van der Waals surface area contributed by atoms with Crippen LogP contribution in [0.3, 0.4) is 0 Å². The van der Waals surface area contributed by atoms with E-state index in [1.807, 2.05) is 24.3 Å². The molecule has 1 aliphatic rings. The first-order chi connectivity index (χ1) is 7.79. The number of benzene rings is 1. The zero-order valence-electron chi connectivity index (χ0n) is 9.65. The Balaban J connectivity index is 2.14. The van der Waals surface area contributed by atoms with Gasteiger partial charge in [-0.25, -0.2) is 0 Å². The van der Waals surface area contributed by atoms with Crippen molar-refractivity contribution >= 4 is 0 Å². The Morgan fingerprint density at radius 3 is 2.94 bits per heavy atom. The van der Waals surface area contributed by atoms with Crippen LogP contribution < -0.4 is 4.74 Å². The summed E-state index contributed by atoms with van der Waals surface area (Å²) in [6, 6.07) is 8.07. The Bertz CT molecular complexity index is 382. The van der Waals surface area contributed by atoms with Crippen LogP contribution in [0.2, 0.25) is 0 Å². The van der Waals surface area contributed by atoms with Crippen LogP contribution in [-0.4, -0.2) is 18.3 Å². The molecule has 0 saturated carbocycles. The van der Waals surface area contributed by atoms with Gasteiger partial charge in [0, 0.05) is 0 Å². The first-order valence-corrected chi connectivity index (χ1v) is 5.79. The van der Waals surface area contributed by atoms with Crippen molar-refractivity contribution in [3.05, 3.63) is 41.5 Å². The molecule has 1 aromatic rings. The summed E-state index contributed by atoms with van der Waals surface area (Å²) in [6.45, 7) is 0. The summed E-state index contributed by atoms with van der Waals surface area (Å²) >= 11 is 0. The van der Waals surface area contributed by atoms with E-state index in [0.29, 0.717) is 0 Å². The molecule has 0 saturated heterocycles. The van der Waals surface area contributed by atoms with Crippen molar-refractivity contribution in [3.63, 3.8) is 0 Å². The van der Waals surface area contributed by atoms with Gasteiger partial charge in [-0.15, -0.1) is 0 Å². The van der Waals surface area contributed by atoms with Crippen molar-refractivity contribution in [1.82, 2.24) is 0 Å². The molecule has 1 aromatic carbocycles. The zero-order valence-corrected chi connectivity index (χ0v) is 9.65. The number of aliphatic hydroxyl groups excluding tert-OH is 1. The van der Waals surface area contributed by atoms with Gasteiger partial charge in [0.1, 0.15) is 5.75 Å². The van der Waals surface area contributed by atoms with Crippen LogP contribution in [0, 0.1) is 0 Å². The molecule has 1 aliphatic carbocycles. The Morgan fingerprint density at radius 2 is 2.19 bits per heavy atom. The summed E-state index contributed by atoms with van der Waals surface area (Å²) < 4.78 is 5.32. The Kier molecular flexibility index (Phi) is 3.62. The lowest BCUT2D eigenvalue weighted by atomic mass is 9.92. The summed E-state index contributed by atoms with van der Waals surface area (Å²) in [7, 11) is 1.70. The van der Waals surface area contributed by atoms with E-state index in [4.69, 9.17) is 4.74 Å². The molecule has 0 heterocycles. The van der Waals surface area contributed by atoms with E-state index in [1.54, 1.807) is 7.11 Å². The predicted octanol–water partition coefficient (Wildman–Crippen LogP) is 2.71. The SMILES string of the molecule is COc1ccccc1CC1=CC(O)CCC1. The molecular formula is C14H18O2. The maximum Gasteiger partial charge on any atom is 0.122 e. The monoisotopic (exact) mass is 218 g/mol. The van der Waals surface area contributed by atoms with E-state index in [-0.39, 0.29) is 6.10 Å². The van der Waals surface area contributed by atoms with E-state index in [0.717, 1.165) is 31.4 Å². The summed E-state index contributed by atoms with van der Waals surface area (Å²) in [5, 5.41) is 9.58. The van der Waals surface area contributed by atoms with Gasteiger partial charge in [-0.1, -0.05) is 29.8 Å². The normalized spacial score (nSPS) is 20.4. The first-order valence-electron chi connectivity index (χ1n) is 5.79. The number of aliphatic hydroxyl groups is 1. The fourth-order valence-electron chi connectivity index (χ4n) is 2.22.